The van der Waals surface area contributed by atoms with Crippen LogP contribution in [0.5, 0.6) is 0 Å². The van der Waals surface area contributed by atoms with E-state index in [1.165, 1.54) is 12.1 Å². The zero-order chi connectivity index (χ0) is 25.9. The van der Waals surface area contributed by atoms with Crippen LogP contribution in [0, 0.1) is 18.3 Å². The van der Waals surface area contributed by atoms with E-state index in [9.17, 15) is 18.0 Å². The quantitative estimate of drug-likeness (QED) is 0.521. The van der Waals surface area contributed by atoms with Crippen LogP contribution in [0.2, 0.25) is 0 Å². The van der Waals surface area contributed by atoms with Crippen molar-refractivity contribution in [3.05, 3.63) is 65.7 Å². The number of nitrogens with one attached hydrogen (secondary N) is 1. The molecule has 1 aliphatic heterocycles. The van der Waals surface area contributed by atoms with E-state index >= 15 is 0 Å². The Morgan fingerprint density at radius 2 is 1.77 bits per heavy atom. The van der Waals surface area contributed by atoms with E-state index in [0.717, 1.165) is 11.1 Å². The maximum absolute atomic E-state index is 13.9. The van der Waals surface area contributed by atoms with Gasteiger partial charge in [0.05, 0.1) is 10.3 Å². The van der Waals surface area contributed by atoms with Crippen molar-refractivity contribution in [1.82, 2.24) is 9.62 Å². The predicted molar refractivity (Wildman–Crippen MR) is 137 cm³/mol. The maximum atomic E-state index is 13.9. The Labute approximate surface area is 209 Å². The lowest BCUT2D eigenvalue weighted by molar-refractivity contribution is -0.147. The minimum absolute atomic E-state index is 0.0185. The van der Waals surface area contributed by atoms with Gasteiger partial charge in [-0.25, -0.2) is 13.1 Å². The number of carbonyl (C=O) groups excluding carboxylic acids is 2. The highest BCUT2D eigenvalue weighted by Gasteiger charge is 2.61. The molecule has 3 rings (SSSR count). The Kier molecular flexibility index (Phi) is 8.07. The molecule has 3 N–H and O–H groups in total. The van der Waals surface area contributed by atoms with Crippen LogP contribution >= 0.6 is 0 Å². The molecule has 0 bridgehead atoms. The van der Waals surface area contributed by atoms with Crippen molar-refractivity contribution in [2.45, 2.75) is 63.8 Å². The summed E-state index contributed by atoms with van der Waals surface area (Å²) in [5.74, 6) is -0.919. The first-order valence-corrected chi connectivity index (χ1v) is 13.7. The van der Waals surface area contributed by atoms with E-state index in [2.05, 4.69) is 4.72 Å². The Morgan fingerprint density at radius 1 is 1.14 bits per heavy atom. The number of hydrogen-bond donors (Lipinski definition) is 2. The van der Waals surface area contributed by atoms with Crippen LogP contribution in [0.4, 0.5) is 0 Å². The minimum atomic E-state index is -4.14. The number of likely N-dealkylation sites (tertiary alicyclic amines) is 1. The summed E-state index contributed by atoms with van der Waals surface area (Å²) >= 11 is 0. The van der Waals surface area contributed by atoms with Crippen LogP contribution in [0.15, 0.2) is 59.5 Å². The summed E-state index contributed by atoms with van der Waals surface area (Å²) in [5.41, 5.74) is 5.95. The number of nitrogens with zero attached hydrogens (tertiary/aromatic N) is 1. The molecule has 2 amide bonds. The molecule has 0 saturated carbocycles. The first-order valence-electron chi connectivity index (χ1n) is 12.2. The van der Waals surface area contributed by atoms with Gasteiger partial charge in [0.15, 0.2) is 0 Å². The van der Waals surface area contributed by atoms with Gasteiger partial charge in [-0.2, -0.15) is 0 Å². The number of benzene rings is 2. The maximum Gasteiger partial charge on any atom is 0.264 e. The largest absolute Gasteiger partial charge is 0.342 e. The number of aryl methyl sites for hydroxylation is 1. The third-order valence-corrected chi connectivity index (χ3v) is 8.50. The Balaban J connectivity index is 1.89. The summed E-state index contributed by atoms with van der Waals surface area (Å²) in [6, 6.07) is 16.1. The SMILES string of the molecule is CCC(N)(C(=O)NS(=O)(=O)c1ccc(C)cc1)C1(CC(C)C)CCN(CCc2ccccc2)C1=O. The molecule has 2 aromatic rings. The van der Waals surface area contributed by atoms with Gasteiger partial charge in [-0.05, 0) is 56.2 Å². The second kappa shape index (κ2) is 10.5. The van der Waals surface area contributed by atoms with Crippen LogP contribution in [0.1, 0.15) is 51.2 Å². The van der Waals surface area contributed by atoms with Crippen molar-refractivity contribution in [2.75, 3.05) is 13.1 Å². The molecule has 2 aromatic carbocycles. The molecule has 35 heavy (non-hydrogen) atoms. The zero-order valence-corrected chi connectivity index (χ0v) is 21.9. The molecule has 0 aliphatic carbocycles. The molecule has 190 valence electrons. The molecule has 1 heterocycles. The highest BCUT2D eigenvalue weighted by Crippen LogP contribution is 2.47. The molecule has 0 radical (unpaired) electrons. The van der Waals surface area contributed by atoms with Crippen molar-refractivity contribution in [3.63, 3.8) is 0 Å². The molecule has 2 atom stereocenters. The standard InChI is InChI=1S/C27H37N3O4S/c1-5-27(28,24(31)29-35(33,34)23-13-11-21(4)12-14-23)26(19-20(2)3)16-18-30(25(26)32)17-15-22-9-7-6-8-10-22/h6-14,20H,5,15-19,28H2,1-4H3,(H,29,31). The van der Waals surface area contributed by atoms with Gasteiger partial charge in [0.1, 0.15) is 5.54 Å². The molecular weight excluding hydrogens is 462 g/mol. The first-order chi connectivity index (χ1) is 16.4. The second-order valence-electron chi connectivity index (χ2n) is 10.0. The lowest BCUT2D eigenvalue weighted by Gasteiger charge is -2.43. The normalized spacial score (nSPS) is 20.2. The second-order valence-corrected chi connectivity index (χ2v) is 11.7. The summed E-state index contributed by atoms with van der Waals surface area (Å²) in [7, 11) is -4.14. The Bertz CT molecular complexity index is 1150. The van der Waals surface area contributed by atoms with Gasteiger partial charge in [0, 0.05) is 13.1 Å². The lowest BCUT2D eigenvalue weighted by atomic mass is 9.63. The number of amides is 2. The molecule has 1 aliphatic rings. The summed E-state index contributed by atoms with van der Waals surface area (Å²) in [6.07, 6.45) is 1.63. The van der Waals surface area contributed by atoms with E-state index in [1.54, 1.807) is 24.0 Å². The van der Waals surface area contributed by atoms with Gasteiger partial charge in [-0.1, -0.05) is 68.8 Å². The predicted octanol–water partition coefficient (Wildman–Crippen LogP) is 3.41. The van der Waals surface area contributed by atoms with Crippen LogP contribution in [0.25, 0.3) is 0 Å². The van der Waals surface area contributed by atoms with E-state index in [4.69, 9.17) is 5.73 Å². The summed E-state index contributed by atoms with van der Waals surface area (Å²) in [5, 5.41) is 0. The molecule has 2 unspecified atom stereocenters. The number of rotatable bonds is 10. The van der Waals surface area contributed by atoms with Crippen molar-refractivity contribution in [3.8, 4) is 0 Å². The number of nitrogens with two attached hydrogens (primary N) is 1. The van der Waals surface area contributed by atoms with Crippen molar-refractivity contribution >= 4 is 21.8 Å². The van der Waals surface area contributed by atoms with Gasteiger partial charge in [0.25, 0.3) is 15.9 Å². The van der Waals surface area contributed by atoms with E-state index < -0.39 is 26.9 Å². The van der Waals surface area contributed by atoms with E-state index in [0.29, 0.717) is 32.4 Å². The fourth-order valence-electron chi connectivity index (χ4n) is 5.15. The average molecular weight is 500 g/mol. The Hall–Kier alpha value is -2.71. The van der Waals surface area contributed by atoms with Crippen LogP contribution in [-0.4, -0.2) is 43.8 Å². The Morgan fingerprint density at radius 3 is 2.34 bits per heavy atom. The van der Waals surface area contributed by atoms with Gasteiger partial charge in [-0.15, -0.1) is 0 Å². The smallest absolute Gasteiger partial charge is 0.264 e. The monoisotopic (exact) mass is 499 g/mol. The van der Waals surface area contributed by atoms with Gasteiger partial charge in [0.2, 0.25) is 5.91 Å². The van der Waals surface area contributed by atoms with E-state index in [1.807, 2.05) is 51.1 Å². The fourth-order valence-corrected chi connectivity index (χ4v) is 6.19. The molecule has 0 spiro atoms. The average Bonchev–Trinajstić information content (AvgIpc) is 3.13. The minimum Gasteiger partial charge on any atom is -0.342 e. The third kappa shape index (κ3) is 5.43. The molecule has 0 aromatic heterocycles. The number of sulfonamides is 1. The molecule has 1 saturated heterocycles. The summed E-state index contributed by atoms with van der Waals surface area (Å²) in [4.78, 5) is 29.2. The molecule has 7 nitrogen and oxygen atoms in total. The molecule has 1 fully saturated rings. The van der Waals surface area contributed by atoms with Gasteiger partial charge in [-0.3, -0.25) is 9.59 Å². The number of carbonyl (C=O) groups is 2. The van der Waals surface area contributed by atoms with Gasteiger partial charge < -0.3 is 10.6 Å². The van der Waals surface area contributed by atoms with Crippen LogP contribution < -0.4 is 10.5 Å². The van der Waals surface area contributed by atoms with Crippen molar-refractivity contribution in [2.24, 2.45) is 17.1 Å². The van der Waals surface area contributed by atoms with E-state index in [-0.39, 0.29) is 23.1 Å². The van der Waals surface area contributed by atoms with Crippen LogP contribution in [0.3, 0.4) is 0 Å². The number of hydrogen-bond acceptors (Lipinski definition) is 5. The highest BCUT2D eigenvalue weighted by atomic mass is 32.2. The van der Waals surface area contributed by atoms with Crippen molar-refractivity contribution < 1.29 is 18.0 Å². The summed E-state index contributed by atoms with van der Waals surface area (Å²) < 4.78 is 28.1. The van der Waals surface area contributed by atoms with Crippen LogP contribution in [-0.2, 0) is 26.0 Å². The third-order valence-electron chi connectivity index (χ3n) is 7.15. The fraction of sp³-hybridized carbons (Fsp3) is 0.481. The highest BCUT2D eigenvalue weighted by molar-refractivity contribution is 7.90. The lowest BCUT2D eigenvalue weighted by Crippen LogP contribution is -2.67. The van der Waals surface area contributed by atoms with Crippen molar-refractivity contribution in [1.29, 1.82) is 0 Å². The molecule has 8 heteroatoms. The van der Waals surface area contributed by atoms with Gasteiger partial charge >= 0.3 is 0 Å². The topological polar surface area (TPSA) is 110 Å². The molecular formula is C27H37N3O4S. The summed E-state index contributed by atoms with van der Waals surface area (Å²) in [6.45, 7) is 8.56. The zero-order valence-electron chi connectivity index (χ0n) is 21.1. The first kappa shape index (κ1) is 26.9.